The Morgan fingerprint density at radius 2 is 2.29 bits per heavy atom. The van der Waals surface area contributed by atoms with E-state index in [0.29, 0.717) is 0 Å². The van der Waals surface area contributed by atoms with Gasteiger partial charge in [0.05, 0.1) is 0 Å². The van der Waals surface area contributed by atoms with Gasteiger partial charge in [-0.15, -0.1) is 0 Å². The van der Waals surface area contributed by atoms with Gasteiger partial charge in [-0.05, 0) is 12.8 Å². The van der Waals surface area contributed by atoms with Crippen LogP contribution in [0.3, 0.4) is 0 Å². The Morgan fingerprint density at radius 1 is 1.64 bits per heavy atom. The number of carbonyl (C=O) groups is 1. The maximum atomic E-state index is 11.0. The number of hydrogen-bond donors (Lipinski definition) is 1. The van der Waals surface area contributed by atoms with E-state index in [1.54, 1.807) is 12.2 Å². The second kappa shape index (κ2) is 4.20. The molecule has 0 spiro atoms. The molecule has 0 fully saturated rings. The van der Waals surface area contributed by atoms with E-state index in [0.717, 1.165) is 12.0 Å². The van der Waals surface area contributed by atoms with E-state index in [4.69, 9.17) is 5.11 Å². The Hall–Kier alpha value is -0.720. The van der Waals surface area contributed by atoms with Crippen molar-refractivity contribution in [3.8, 4) is 0 Å². The normalized spacial score (nSPS) is 26.3. The second-order valence-electron chi connectivity index (χ2n) is 3.05. The molecule has 0 saturated carbocycles. The molecule has 0 heterocycles. The van der Waals surface area contributed by atoms with Crippen LogP contribution in [0.25, 0.3) is 0 Å². The molecular formula is C9H11IO4. The summed E-state index contributed by atoms with van der Waals surface area (Å²) in [5.41, 5.74) is 0.986. The Bertz CT molecular complexity index is 370. The van der Waals surface area contributed by atoms with Crippen molar-refractivity contribution in [2.24, 2.45) is 0 Å². The van der Waals surface area contributed by atoms with Crippen LogP contribution in [-0.4, -0.2) is 14.5 Å². The number of alkyl halides is 1. The van der Waals surface area contributed by atoms with E-state index in [9.17, 15) is 10.9 Å². The summed E-state index contributed by atoms with van der Waals surface area (Å²) in [5, 5.41) is 8.88. The highest BCUT2D eigenvalue weighted by Gasteiger charge is 2.42. The van der Waals surface area contributed by atoms with Gasteiger partial charge in [0.1, 0.15) is 0 Å². The zero-order valence-electron chi connectivity index (χ0n) is 7.70. The van der Waals surface area contributed by atoms with Crippen LogP contribution >= 0.6 is 19.8 Å². The quantitative estimate of drug-likeness (QED) is 0.641. The van der Waals surface area contributed by atoms with Gasteiger partial charge in [-0.25, -0.2) is 6.14 Å². The Kier molecular flexibility index (Phi) is 3.41. The van der Waals surface area contributed by atoms with Gasteiger partial charge in [-0.2, -0.15) is 0 Å². The van der Waals surface area contributed by atoms with E-state index in [-0.39, 0.29) is 6.42 Å². The lowest BCUT2D eigenvalue weighted by atomic mass is 9.96. The van der Waals surface area contributed by atoms with Gasteiger partial charge in [-0.1, -0.05) is 30.7 Å². The lowest BCUT2D eigenvalue weighted by Crippen LogP contribution is -2.31. The van der Waals surface area contributed by atoms with Crippen molar-refractivity contribution >= 4 is 25.8 Å². The highest BCUT2D eigenvalue weighted by molar-refractivity contribution is 14.2. The van der Waals surface area contributed by atoms with E-state index < -0.39 is 29.2 Å². The minimum absolute atomic E-state index is 0.0693. The summed E-state index contributed by atoms with van der Waals surface area (Å²) in [6, 6.07) is 0. The van der Waals surface area contributed by atoms with Crippen LogP contribution in [0.1, 0.15) is 19.8 Å². The molecule has 1 N–H and O–H groups in total. The van der Waals surface area contributed by atoms with Crippen LogP contribution in [0.4, 0.5) is 0 Å². The number of carboxylic acids is 1. The molecule has 0 aromatic rings. The topological polar surface area (TPSA) is 71.4 Å². The smallest absolute Gasteiger partial charge is 0.329 e. The van der Waals surface area contributed by atoms with Crippen LogP contribution in [0.15, 0.2) is 23.8 Å². The zero-order chi connectivity index (χ0) is 10.8. The molecule has 0 aliphatic heterocycles. The summed E-state index contributed by atoms with van der Waals surface area (Å²) in [6.45, 7) is 1.94. The third kappa shape index (κ3) is 1.87. The van der Waals surface area contributed by atoms with Gasteiger partial charge in [0.2, 0.25) is 3.42 Å². The van der Waals surface area contributed by atoms with Crippen LogP contribution in [0, 0.1) is 0 Å². The fourth-order valence-corrected chi connectivity index (χ4v) is 2.69. The third-order valence-electron chi connectivity index (χ3n) is 2.26. The standard InChI is InChI=1S/C9H11IO4/c1-2-7-3-5-9(6-4-7,8(11)12)10(13)14/h3-5H,2,6H2,1H3,(H,11,12). The summed E-state index contributed by atoms with van der Waals surface area (Å²) in [4.78, 5) is 10.9. The van der Waals surface area contributed by atoms with Gasteiger partial charge < -0.3 is 5.11 Å². The summed E-state index contributed by atoms with van der Waals surface area (Å²) in [7, 11) is 0. The SMILES string of the molecule is CCC1=CCC(C(=O)O)(I(=O)=O)C=C1. The second-order valence-corrected chi connectivity index (χ2v) is 6.22. The highest BCUT2D eigenvalue weighted by atomic mass is 127. The number of aliphatic carboxylic acids is 1. The first-order valence-corrected chi connectivity index (χ1v) is 7.04. The molecule has 14 heavy (non-hydrogen) atoms. The zero-order valence-corrected chi connectivity index (χ0v) is 9.85. The van der Waals surface area contributed by atoms with Gasteiger partial charge in [0, 0.05) is 0 Å². The number of allylic oxidation sites excluding steroid dienone is 3. The van der Waals surface area contributed by atoms with E-state index in [2.05, 4.69) is 0 Å². The third-order valence-corrected chi connectivity index (χ3v) is 5.10. The van der Waals surface area contributed by atoms with E-state index in [1.165, 1.54) is 6.08 Å². The predicted molar refractivity (Wildman–Crippen MR) is 57.9 cm³/mol. The molecule has 1 unspecified atom stereocenters. The number of halogens is 1. The maximum Gasteiger partial charge on any atom is 0.329 e. The molecule has 0 radical (unpaired) electrons. The van der Waals surface area contributed by atoms with Crippen LogP contribution in [0.2, 0.25) is 0 Å². The maximum absolute atomic E-state index is 11.0. The highest BCUT2D eigenvalue weighted by Crippen LogP contribution is 2.39. The van der Waals surface area contributed by atoms with Crippen molar-refractivity contribution in [1.82, 2.24) is 0 Å². The first-order chi connectivity index (χ1) is 6.53. The Labute approximate surface area is 88.8 Å². The minimum Gasteiger partial charge on any atom is -0.480 e. The number of hydrogen-bond acceptors (Lipinski definition) is 3. The molecule has 1 rings (SSSR count). The monoisotopic (exact) mass is 310 g/mol. The van der Waals surface area contributed by atoms with Crippen LogP contribution in [-0.2, 0) is 10.9 Å². The van der Waals surface area contributed by atoms with Crippen molar-refractivity contribution in [1.29, 1.82) is 0 Å². The fourth-order valence-electron chi connectivity index (χ4n) is 1.26. The molecule has 1 aliphatic rings. The summed E-state index contributed by atoms with van der Waals surface area (Å²) < 4.78 is 20.3. The van der Waals surface area contributed by atoms with E-state index >= 15 is 0 Å². The van der Waals surface area contributed by atoms with Crippen molar-refractivity contribution < 1.29 is 16.0 Å². The molecule has 0 aromatic heterocycles. The van der Waals surface area contributed by atoms with Crippen molar-refractivity contribution in [3.05, 3.63) is 23.8 Å². The Balaban J connectivity index is 3.05. The lowest BCUT2D eigenvalue weighted by molar-refractivity contribution is -0.137. The number of rotatable bonds is 3. The predicted octanol–water partition coefficient (Wildman–Crippen LogP) is 2.30. The van der Waals surface area contributed by atoms with Gasteiger partial charge in [-0.3, -0.25) is 4.79 Å². The largest absolute Gasteiger partial charge is 0.480 e. The Morgan fingerprint density at radius 3 is 2.57 bits per heavy atom. The fraction of sp³-hybridized carbons (Fsp3) is 0.444. The molecule has 0 aromatic carbocycles. The lowest BCUT2D eigenvalue weighted by Gasteiger charge is -2.19. The van der Waals surface area contributed by atoms with Crippen molar-refractivity contribution in [3.63, 3.8) is 0 Å². The van der Waals surface area contributed by atoms with Crippen LogP contribution < -0.4 is 0 Å². The molecule has 4 nitrogen and oxygen atoms in total. The molecular weight excluding hydrogens is 299 g/mol. The average Bonchev–Trinajstić information content (AvgIpc) is 2.17. The first-order valence-electron chi connectivity index (χ1n) is 4.20. The summed E-state index contributed by atoms with van der Waals surface area (Å²) in [5.74, 6) is -1.27. The first kappa shape index (κ1) is 11.4. The molecule has 0 amide bonds. The van der Waals surface area contributed by atoms with Gasteiger partial charge in [0.25, 0.3) is 0 Å². The van der Waals surface area contributed by atoms with Crippen molar-refractivity contribution in [2.75, 3.05) is 0 Å². The van der Waals surface area contributed by atoms with Gasteiger partial charge >= 0.3 is 25.8 Å². The van der Waals surface area contributed by atoms with Crippen LogP contribution in [0.5, 0.6) is 0 Å². The molecule has 1 aliphatic carbocycles. The molecule has 0 bridgehead atoms. The molecule has 5 heteroatoms. The number of carboxylic acid groups (broad SMARTS) is 1. The van der Waals surface area contributed by atoms with E-state index in [1.807, 2.05) is 6.92 Å². The summed E-state index contributed by atoms with van der Waals surface area (Å²) in [6.07, 6.45) is 5.45. The van der Waals surface area contributed by atoms with Gasteiger partial charge in [0.15, 0.2) is 0 Å². The summed E-state index contributed by atoms with van der Waals surface area (Å²) >= 11 is -3.89. The molecule has 78 valence electrons. The average molecular weight is 310 g/mol. The van der Waals surface area contributed by atoms with Crippen molar-refractivity contribution in [2.45, 2.75) is 23.2 Å². The molecule has 1 atom stereocenters. The minimum atomic E-state index is -3.89. The molecule has 0 saturated heterocycles.